The molecule has 1 heterocycles. The topological polar surface area (TPSA) is 74.8 Å². The summed E-state index contributed by atoms with van der Waals surface area (Å²) in [5.41, 5.74) is 1.18. The van der Waals surface area contributed by atoms with Crippen LogP contribution in [-0.2, 0) is 19.6 Å². The van der Waals surface area contributed by atoms with Crippen molar-refractivity contribution in [3.05, 3.63) is 59.9 Å². The molecular formula is C24H27FN2O4S. The van der Waals surface area contributed by atoms with Crippen LogP contribution in [0.4, 0.5) is 10.1 Å². The van der Waals surface area contributed by atoms with Crippen molar-refractivity contribution in [2.24, 2.45) is 0 Å². The molecular weight excluding hydrogens is 431 g/mol. The fourth-order valence-electron chi connectivity index (χ4n) is 4.64. The zero-order valence-corrected chi connectivity index (χ0v) is 18.9. The normalized spacial score (nSPS) is 20.7. The molecule has 0 bridgehead atoms. The minimum atomic E-state index is -4.01. The van der Waals surface area contributed by atoms with Crippen LogP contribution in [0.15, 0.2) is 53.4 Å². The number of imide groups is 1. The van der Waals surface area contributed by atoms with Crippen molar-refractivity contribution < 1.29 is 22.4 Å². The number of hydrogen-bond donors (Lipinski definition) is 0. The van der Waals surface area contributed by atoms with Gasteiger partial charge in [-0.1, -0.05) is 43.4 Å². The molecule has 6 nitrogen and oxygen atoms in total. The van der Waals surface area contributed by atoms with E-state index in [1.807, 2.05) is 6.92 Å². The van der Waals surface area contributed by atoms with Crippen molar-refractivity contribution >= 4 is 27.5 Å². The van der Waals surface area contributed by atoms with Gasteiger partial charge in [-0.05, 0) is 56.2 Å². The van der Waals surface area contributed by atoms with E-state index in [1.54, 1.807) is 24.3 Å². The summed E-state index contributed by atoms with van der Waals surface area (Å²) in [6.07, 6.45) is 4.88. The van der Waals surface area contributed by atoms with E-state index in [1.165, 1.54) is 28.6 Å². The number of benzene rings is 2. The first-order valence-corrected chi connectivity index (χ1v) is 12.5. The molecule has 1 saturated carbocycles. The molecule has 2 fully saturated rings. The summed E-state index contributed by atoms with van der Waals surface area (Å²) in [5.74, 6) is -1.54. The summed E-state index contributed by atoms with van der Waals surface area (Å²) in [6.45, 7) is 1.87. The van der Waals surface area contributed by atoms with Crippen molar-refractivity contribution in [3.8, 4) is 0 Å². The van der Waals surface area contributed by atoms with E-state index < -0.39 is 33.7 Å². The van der Waals surface area contributed by atoms with Gasteiger partial charge in [0.2, 0.25) is 15.9 Å². The number of anilines is 1. The van der Waals surface area contributed by atoms with Crippen LogP contribution in [0.5, 0.6) is 0 Å². The minimum absolute atomic E-state index is 0.118. The monoisotopic (exact) mass is 458 g/mol. The molecule has 1 aliphatic carbocycles. The molecule has 8 heteroatoms. The summed E-state index contributed by atoms with van der Waals surface area (Å²) >= 11 is 0. The van der Waals surface area contributed by atoms with E-state index in [9.17, 15) is 22.4 Å². The molecule has 0 N–H and O–H groups in total. The van der Waals surface area contributed by atoms with E-state index in [2.05, 4.69) is 0 Å². The van der Waals surface area contributed by atoms with Gasteiger partial charge in [-0.3, -0.25) is 9.59 Å². The number of nitrogens with zero attached hydrogens (tertiary/aromatic N) is 2. The smallest absolute Gasteiger partial charge is 0.252 e. The second-order valence-corrected chi connectivity index (χ2v) is 10.4. The van der Waals surface area contributed by atoms with Gasteiger partial charge in [0, 0.05) is 6.04 Å². The van der Waals surface area contributed by atoms with Gasteiger partial charge in [-0.25, -0.2) is 17.7 Å². The van der Waals surface area contributed by atoms with Crippen LogP contribution in [0.25, 0.3) is 0 Å². The number of sulfonamides is 1. The molecule has 0 spiro atoms. The number of carbonyl (C=O) groups excluding carboxylic acids is 2. The fourth-order valence-corrected chi connectivity index (χ4v) is 6.47. The number of hydrogen-bond acceptors (Lipinski definition) is 4. The van der Waals surface area contributed by atoms with E-state index in [0.717, 1.165) is 36.1 Å². The predicted molar refractivity (Wildman–Crippen MR) is 119 cm³/mol. The Kier molecular flexibility index (Phi) is 6.44. The lowest BCUT2D eigenvalue weighted by molar-refractivity contribution is -0.122. The highest BCUT2D eigenvalue weighted by atomic mass is 32.2. The van der Waals surface area contributed by atoms with E-state index in [-0.39, 0.29) is 23.0 Å². The van der Waals surface area contributed by atoms with Crippen LogP contribution in [0.2, 0.25) is 0 Å². The Bertz CT molecular complexity index is 1090. The third kappa shape index (κ3) is 4.34. The number of amides is 2. The number of carbonyl (C=O) groups is 2. The van der Waals surface area contributed by atoms with Gasteiger partial charge in [-0.15, -0.1) is 0 Å². The maximum absolute atomic E-state index is 13.8. The van der Waals surface area contributed by atoms with E-state index >= 15 is 0 Å². The molecule has 0 aromatic heterocycles. The molecule has 1 aliphatic heterocycles. The van der Waals surface area contributed by atoms with Crippen molar-refractivity contribution in [1.29, 1.82) is 0 Å². The zero-order valence-electron chi connectivity index (χ0n) is 18.0. The second kappa shape index (κ2) is 9.11. The number of halogens is 1. The predicted octanol–water partition coefficient (Wildman–Crippen LogP) is 4.18. The van der Waals surface area contributed by atoms with Crippen LogP contribution in [0.3, 0.4) is 0 Å². The van der Waals surface area contributed by atoms with Gasteiger partial charge in [0.15, 0.2) is 0 Å². The first kappa shape index (κ1) is 22.6. The van der Waals surface area contributed by atoms with Crippen molar-refractivity contribution in [1.82, 2.24) is 4.31 Å². The largest absolute Gasteiger partial charge is 0.274 e. The highest BCUT2D eigenvalue weighted by Crippen LogP contribution is 2.34. The Labute approximate surface area is 188 Å². The average molecular weight is 459 g/mol. The molecule has 4 rings (SSSR count). The van der Waals surface area contributed by atoms with Crippen LogP contribution < -0.4 is 4.90 Å². The highest BCUT2D eigenvalue weighted by molar-refractivity contribution is 7.89. The molecule has 32 heavy (non-hydrogen) atoms. The van der Waals surface area contributed by atoms with Gasteiger partial charge >= 0.3 is 0 Å². The summed E-state index contributed by atoms with van der Waals surface area (Å²) in [5, 5.41) is 0. The number of aryl methyl sites for hydroxylation is 1. The lowest BCUT2D eigenvalue weighted by Crippen LogP contribution is -2.50. The van der Waals surface area contributed by atoms with Gasteiger partial charge in [0.25, 0.3) is 5.91 Å². The standard InChI is InChI=1S/C24H27FN2O4S/c1-17-8-14-21(15-9-17)32(30,31)27(20-6-4-2-3-5-7-20)22-16-23(28)26(24(22)29)19-12-10-18(25)11-13-19/h8-15,20,22H,2-7,16H2,1H3. The minimum Gasteiger partial charge on any atom is -0.274 e. The molecule has 170 valence electrons. The van der Waals surface area contributed by atoms with Crippen molar-refractivity contribution in [2.45, 2.75) is 68.8 Å². The van der Waals surface area contributed by atoms with Gasteiger partial charge in [-0.2, -0.15) is 4.31 Å². The van der Waals surface area contributed by atoms with Crippen LogP contribution >= 0.6 is 0 Å². The van der Waals surface area contributed by atoms with Gasteiger partial charge in [0.1, 0.15) is 11.9 Å². The van der Waals surface area contributed by atoms with Crippen molar-refractivity contribution in [2.75, 3.05) is 4.90 Å². The lowest BCUT2D eigenvalue weighted by atomic mass is 10.1. The SMILES string of the molecule is Cc1ccc(S(=O)(=O)N(C2CCCCCC2)C2CC(=O)N(c3ccc(F)cc3)C2=O)cc1. The van der Waals surface area contributed by atoms with E-state index in [4.69, 9.17) is 0 Å². The molecule has 1 unspecified atom stereocenters. The zero-order chi connectivity index (χ0) is 22.9. The molecule has 1 saturated heterocycles. The van der Waals surface area contributed by atoms with Crippen molar-refractivity contribution in [3.63, 3.8) is 0 Å². The average Bonchev–Trinajstić information content (AvgIpc) is 2.93. The third-order valence-corrected chi connectivity index (χ3v) is 8.27. The third-order valence-electron chi connectivity index (χ3n) is 6.30. The Morgan fingerprint density at radius 2 is 1.50 bits per heavy atom. The molecule has 0 radical (unpaired) electrons. The molecule has 2 aliphatic rings. The lowest BCUT2D eigenvalue weighted by Gasteiger charge is -2.33. The Balaban J connectivity index is 1.74. The van der Waals surface area contributed by atoms with Crippen LogP contribution in [0, 0.1) is 12.7 Å². The summed E-state index contributed by atoms with van der Waals surface area (Å²) in [7, 11) is -4.01. The molecule has 2 amide bonds. The summed E-state index contributed by atoms with van der Waals surface area (Å²) in [4.78, 5) is 27.3. The van der Waals surface area contributed by atoms with Crippen LogP contribution in [0.1, 0.15) is 50.5 Å². The van der Waals surface area contributed by atoms with Gasteiger partial charge < -0.3 is 0 Å². The van der Waals surface area contributed by atoms with Crippen LogP contribution in [-0.4, -0.2) is 36.6 Å². The second-order valence-electron chi connectivity index (χ2n) is 8.56. The first-order chi connectivity index (χ1) is 15.3. The Hall–Kier alpha value is -2.58. The summed E-state index contributed by atoms with van der Waals surface area (Å²) in [6, 6.07) is 10.2. The van der Waals surface area contributed by atoms with Gasteiger partial charge in [0.05, 0.1) is 17.0 Å². The quantitative estimate of drug-likeness (QED) is 0.498. The number of rotatable bonds is 5. The first-order valence-electron chi connectivity index (χ1n) is 11.0. The molecule has 2 aromatic carbocycles. The maximum Gasteiger partial charge on any atom is 0.252 e. The summed E-state index contributed by atoms with van der Waals surface area (Å²) < 4.78 is 42.2. The maximum atomic E-state index is 13.8. The Morgan fingerprint density at radius 3 is 2.09 bits per heavy atom. The molecule has 2 aromatic rings. The van der Waals surface area contributed by atoms with E-state index in [0.29, 0.717) is 12.8 Å². The Morgan fingerprint density at radius 1 is 0.906 bits per heavy atom. The fraction of sp³-hybridized carbons (Fsp3) is 0.417. The highest BCUT2D eigenvalue weighted by Gasteiger charge is 2.49. The molecule has 1 atom stereocenters.